The Hall–Kier alpha value is -2.02. The second-order valence-corrected chi connectivity index (χ2v) is 4.81. The summed E-state index contributed by atoms with van der Waals surface area (Å²) in [5, 5.41) is 11.1. The molecule has 98 valence electrons. The number of hydrogen-bond donors (Lipinski definition) is 0. The van der Waals surface area contributed by atoms with E-state index in [1.54, 1.807) is 0 Å². The molecule has 0 atom stereocenters. The zero-order valence-corrected chi connectivity index (χ0v) is 10.6. The minimum Gasteiger partial charge on any atom is -0.258 e. The van der Waals surface area contributed by atoms with E-state index in [1.165, 1.54) is 31.2 Å². The summed E-state index contributed by atoms with van der Waals surface area (Å²) in [4.78, 5) is 14.5. The second kappa shape index (κ2) is 5.31. The van der Waals surface area contributed by atoms with Crippen LogP contribution in [0.2, 0.25) is 0 Å². The van der Waals surface area contributed by atoms with Gasteiger partial charge in [-0.3, -0.25) is 10.1 Å². The van der Waals surface area contributed by atoms with Crippen molar-refractivity contribution < 1.29 is 13.7 Å². The van der Waals surface area contributed by atoms with Gasteiger partial charge in [0.2, 0.25) is 0 Å². The zero-order valence-electron chi connectivity index (χ0n) is 9.76. The third-order valence-corrected chi connectivity index (χ3v) is 3.20. The number of halogens is 2. The van der Waals surface area contributed by atoms with Crippen LogP contribution in [-0.4, -0.2) is 9.91 Å². The molecular weight excluding hydrogens is 274 g/mol. The number of rotatable bonds is 3. The van der Waals surface area contributed by atoms with E-state index in [9.17, 15) is 18.9 Å². The molecule has 0 bridgehead atoms. The number of pyridine rings is 1. The molecule has 0 aliphatic heterocycles. The van der Waals surface area contributed by atoms with Gasteiger partial charge in [-0.1, -0.05) is 11.8 Å². The van der Waals surface area contributed by atoms with Gasteiger partial charge in [0.25, 0.3) is 5.69 Å². The zero-order chi connectivity index (χ0) is 14.0. The smallest absolute Gasteiger partial charge is 0.258 e. The Kier molecular flexibility index (Phi) is 3.75. The van der Waals surface area contributed by atoms with Crippen LogP contribution >= 0.6 is 11.8 Å². The van der Waals surface area contributed by atoms with E-state index in [1.807, 2.05) is 0 Å². The summed E-state index contributed by atoms with van der Waals surface area (Å²) in [5.41, 5.74) is 0.168. The largest absolute Gasteiger partial charge is 0.290 e. The van der Waals surface area contributed by atoms with Crippen LogP contribution in [0.4, 0.5) is 14.5 Å². The lowest BCUT2D eigenvalue weighted by Crippen LogP contribution is -1.95. The summed E-state index contributed by atoms with van der Waals surface area (Å²) in [5.74, 6) is -1.36. The molecule has 0 saturated carbocycles. The summed E-state index contributed by atoms with van der Waals surface area (Å²) in [6, 6.07) is 5.88. The van der Waals surface area contributed by atoms with E-state index in [-0.39, 0.29) is 11.4 Å². The molecule has 0 amide bonds. The molecule has 1 aromatic heterocycles. The predicted octanol–water partition coefficient (Wildman–Crippen LogP) is 3.73. The van der Waals surface area contributed by atoms with Crippen molar-refractivity contribution in [1.29, 1.82) is 0 Å². The summed E-state index contributed by atoms with van der Waals surface area (Å²) >= 11 is 1.04. The summed E-state index contributed by atoms with van der Waals surface area (Å²) in [6.07, 6.45) is 0. The maximum absolute atomic E-state index is 13.0. The average Bonchev–Trinajstić information content (AvgIpc) is 2.26. The molecule has 2 rings (SSSR count). The molecule has 0 aliphatic carbocycles. The minimum atomic E-state index is -0.680. The van der Waals surface area contributed by atoms with Crippen LogP contribution in [0.1, 0.15) is 5.69 Å². The first-order chi connectivity index (χ1) is 8.95. The Morgan fingerprint density at radius 3 is 2.37 bits per heavy atom. The van der Waals surface area contributed by atoms with Gasteiger partial charge in [-0.2, -0.15) is 0 Å². The molecule has 4 nitrogen and oxygen atoms in total. The van der Waals surface area contributed by atoms with E-state index in [4.69, 9.17) is 0 Å². The molecule has 19 heavy (non-hydrogen) atoms. The number of nitro groups is 1. The standard InChI is InChI=1S/C12H8F2N2O2S/c1-7-11(16(17)18)2-3-12(15-7)19-10-5-8(13)4-9(14)6-10/h2-6H,1H3. The van der Waals surface area contributed by atoms with Gasteiger partial charge in [0.05, 0.1) is 4.92 Å². The molecule has 1 aromatic carbocycles. The third kappa shape index (κ3) is 3.25. The molecule has 0 unspecified atom stereocenters. The van der Waals surface area contributed by atoms with Crippen LogP contribution < -0.4 is 0 Å². The highest BCUT2D eigenvalue weighted by atomic mass is 32.2. The van der Waals surface area contributed by atoms with E-state index in [0.717, 1.165) is 17.8 Å². The van der Waals surface area contributed by atoms with Gasteiger partial charge < -0.3 is 0 Å². The van der Waals surface area contributed by atoms with E-state index >= 15 is 0 Å². The highest BCUT2D eigenvalue weighted by molar-refractivity contribution is 7.99. The molecule has 0 saturated heterocycles. The maximum Gasteiger partial charge on any atom is 0.290 e. The van der Waals surface area contributed by atoms with Crippen molar-refractivity contribution >= 4 is 17.4 Å². The van der Waals surface area contributed by atoms with E-state index in [0.29, 0.717) is 9.92 Å². The molecule has 0 fully saturated rings. The molecule has 0 aliphatic rings. The highest BCUT2D eigenvalue weighted by Crippen LogP contribution is 2.29. The monoisotopic (exact) mass is 282 g/mol. The minimum absolute atomic E-state index is 0.0882. The molecule has 2 aromatic rings. The van der Waals surface area contributed by atoms with Gasteiger partial charge in [0.15, 0.2) is 0 Å². The van der Waals surface area contributed by atoms with Crippen molar-refractivity contribution in [3.63, 3.8) is 0 Å². The summed E-state index contributed by atoms with van der Waals surface area (Å²) < 4.78 is 26.0. The van der Waals surface area contributed by atoms with Crippen molar-refractivity contribution in [3.8, 4) is 0 Å². The fraction of sp³-hybridized carbons (Fsp3) is 0.0833. The molecular formula is C12H8F2N2O2S. The third-order valence-electron chi connectivity index (χ3n) is 2.29. The molecule has 1 heterocycles. The van der Waals surface area contributed by atoms with Crippen molar-refractivity contribution in [3.05, 3.63) is 57.8 Å². The SMILES string of the molecule is Cc1nc(Sc2cc(F)cc(F)c2)ccc1[N+](=O)[O-]. The van der Waals surface area contributed by atoms with Crippen LogP contribution in [-0.2, 0) is 0 Å². The first-order valence-corrected chi connectivity index (χ1v) is 6.03. The summed E-state index contributed by atoms with van der Waals surface area (Å²) in [6.45, 7) is 1.51. The molecule has 0 spiro atoms. The predicted molar refractivity (Wildman–Crippen MR) is 66.1 cm³/mol. The second-order valence-electron chi connectivity index (χ2n) is 3.72. The Morgan fingerprint density at radius 1 is 1.21 bits per heavy atom. The normalized spacial score (nSPS) is 10.5. The van der Waals surface area contributed by atoms with Gasteiger partial charge in [-0.25, -0.2) is 13.8 Å². The Morgan fingerprint density at radius 2 is 1.84 bits per heavy atom. The van der Waals surface area contributed by atoms with Crippen molar-refractivity contribution in [2.24, 2.45) is 0 Å². The van der Waals surface area contributed by atoms with Crippen LogP contribution in [0.5, 0.6) is 0 Å². The maximum atomic E-state index is 13.0. The van der Waals surface area contributed by atoms with Crippen LogP contribution in [0.25, 0.3) is 0 Å². The fourth-order valence-corrected chi connectivity index (χ4v) is 2.39. The Bertz CT molecular complexity index is 629. The molecule has 7 heteroatoms. The van der Waals surface area contributed by atoms with Crippen LogP contribution in [0, 0.1) is 28.7 Å². The van der Waals surface area contributed by atoms with Crippen molar-refractivity contribution in [1.82, 2.24) is 4.98 Å². The quantitative estimate of drug-likeness (QED) is 0.636. The Labute approximate surface area is 111 Å². The van der Waals surface area contributed by atoms with Crippen molar-refractivity contribution in [2.45, 2.75) is 16.8 Å². The number of nitrogens with zero attached hydrogens (tertiary/aromatic N) is 2. The van der Waals surface area contributed by atoms with E-state index < -0.39 is 16.6 Å². The number of hydrogen-bond acceptors (Lipinski definition) is 4. The first kappa shape index (κ1) is 13.4. The van der Waals surface area contributed by atoms with Crippen LogP contribution in [0.15, 0.2) is 40.3 Å². The van der Waals surface area contributed by atoms with Crippen molar-refractivity contribution in [2.75, 3.05) is 0 Å². The van der Waals surface area contributed by atoms with Gasteiger partial charge >= 0.3 is 0 Å². The van der Waals surface area contributed by atoms with Gasteiger partial charge in [0, 0.05) is 17.0 Å². The number of aryl methyl sites for hydroxylation is 1. The average molecular weight is 282 g/mol. The number of benzene rings is 1. The lowest BCUT2D eigenvalue weighted by atomic mass is 10.3. The molecule has 0 radical (unpaired) electrons. The number of aromatic nitrogens is 1. The topological polar surface area (TPSA) is 56.0 Å². The first-order valence-electron chi connectivity index (χ1n) is 5.21. The fourth-order valence-electron chi connectivity index (χ4n) is 1.49. The lowest BCUT2D eigenvalue weighted by molar-refractivity contribution is -0.385. The van der Waals surface area contributed by atoms with Crippen LogP contribution in [0.3, 0.4) is 0 Å². The molecule has 0 N–H and O–H groups in total. The lowest BCUT2D eigenvalue weighted by Gasteiger charge is -2.03. The van der Waals surface area contributed by atoms with Gasteiger partial charge in [0.1, 0.15) is 22.4 Å². The Balaban J connectivity index is 2.28. The highest BCUT2D eigenvalue weighted by Gasteiger charge is 2.12. The summed E-state index contributed by atoms with van der Waals surface area (Å²) in [7, 11) is 0. The van der Waals surface area contributed by atoms with E-state index in [2.05, 4.69) is 4.98 Å². The van der Waals surface area contributed by atoms with Gasteiger partial charge in [-0.15, -0.1) is 0 Å². The van der Waals surface area contributed by atoms with Gasteiger partial charge in [-0.05, 0) is 25.1 Å².